The minimum absolute atomic E-state index is 0.389. The molecular formula is C15H19NO10. The van der Waals surface area contributed by atoms with E-state index in [1.165, 1.54) is 6.08 Å². The maximum absolute atomic E-state index is 11.5. The second-order valence-corrected chi connectivity index (χ2v) is 5.31. The quantitative estimate of drug-likeness (QED) is 0.256. The lowest BCUT2D eigenvalue weighted by Crippen LogP contribution is -2.61. The molecule has 1 heterocycles. The van der Waals surface area contributed by atoms with Crippen molar-refractivity contribution in [2.75, 3.05) is 6.61 Å². The minimum Gasteiger partial charge on any atom is -0.463 e. The molecular weight excluding hydrogens is 354 g/mol. The van der Waals surface area contributed by atoms with Gasteiger partial charge in [0.25, 0.3) is 0 Å². The van der Waals surface area contributed by atoms with Crippen molar-refractivity contribution in [2.45, 2.75) is 58.3 Å². The second kappa shape index (κ2) is 9.64. The third-order valence-corrected chi connectivity index (χ3v) is 3.15. The molecule has 11 nitrogen and oxygen atoms in total. The van der Waals surface area contributed by atoms with E-state index in [-0.39, 0.29) is 6.61 Å². The van der Waals surface area contributed by atoms with Gasteiger partial charge < -0.3 is 23.7 Å². The highest BCUT2D eigenvalue weighted by Crippen LogP contribution is 2.29. The molecule has 0 aliphatic carbocycles. The van der Waals surface area contributed by atoms with Crippen LogP contribution in [0.1, 0.15) is 27.7 Å². The first kappa shape index (κ1) is 21.3. The molecule has 0 radical (unpaired) electrons. The van der Waals surface area contributed by atoms with Crippen LogP contribution in [0.15, 0.2) is 4.99 Å². The number of isocyanates is 1. The summed E-state index contributed by atoms with van der Waals surface area (Å²) in [4.78, 5) is 59.5. The van der Waals surface area contributed by atoms with E-state index in [0.717, 1.165) is 27.7 Å². The maximum Gasteiger partial charge on any atom is 0.305 e. The zero-order chi connectivity index (χ0) is 19.9. The predicted molar refractivity (Wildman–Crippen MR) is 80.1 cm³/mol. The first-order chi connectivity index (χ1) is 12.1. The van der Waals surface area contributed by atoms with Crippen molar-refractivity contribution in [2.24, 2.45) is 4.99 Å². The van der Waals surface area contributed by atoms with E-state index >= 15 is 0 Å². The van der Waals surface area contributed by atoms with Gasteiger partial charge in [0, 0.05) is 27.7 Å². The van der Waals surface area contributed by atoms with Crippen LogP contribution in [0.3, 0.4) is 0 Å². The van der Waals surface area contributed by atoms with Gasteiger partial charge in [0.1, 0.15) is 12.7 Å². The molecule has 0 amide bonds. The molecule has 0 aromatic heterocycles. The van der Waals surface area contributed by atoms with Gasteiger partial charge in [0.2, 0.25) is 12.4 Å². The summed E-state index contributed by atoms with van der Waals surface area (Å²) in [7, 11) is 0. The average Bonchev–Trinajstić information content (AvgIpc) is 2.49. The van der Waals surface area contributed by atoms with E-state index in [0.29, 0.717) is 0 Å². The molecule has 0 unspecified atom stereocenters. The Labute approximate surface area is 148 Å². The number of rotatable bonds is 6. The van der Waals surface area contributed by atoms with Crippen LogP contribution >= 0.6 is 0 Å². The van der Waals surface area contributed by atoms with E-state index in [1.807, 2.05) is 0 Å². The molecule has 1 rings (SSSR count). The first-order valence-corrected chi connectivity index (χ1v) is 7.53. The molecule has 1 aliphatic rings. The number of hydrogen-bond acceptors (Lipinski definition) is 11. The fourth-order valence-electron chi connectivity index (χ4n) is 2.34. The summed E-state index contributed by atoms with van der Waals surface area (Å²) in [6.45, 7) is 4.04. The summed E-state index contributed by atoms with van der Waals surface area (Å²) in [5.41, 5.74) is 0. The van der Waals surface area contributed by atoms with Crippen LogP contribution in [0.4, 0.5) is 0 Å². The van der Waals surface area contributed by atoms with Crippen LogP contribution in [-0.2, 0) is 47.7 Å². The minimum atomic E-state index is -1.45. The van der Waals surface area contributed by atoms with E-state index < -0.39 is 54.5 Å². The Balaban J connectivity index is 3.28. The summed E-state index contributed by atoms with van der Waals surface area (Å²) in [6.07, 6.45) is -3.94. The number of carbonyl (C=O) groups excluding carboxylic acids is 5. The lowest BCUT2D eigenvalue weighted by molar-refractivity contribution is -0.266. The van der Waals surface area contributed by atoms with Gasteiger partial charge in [-0.15, -0.1) is 0 Å². The Morgan fingerprint density at radius 3 is 1.88 bits per heavy atom. The zero-order valence-electron chi connectivity index (χ0n) is 14.6. The van der Waals surface area contributed by atoms with Crippen LogP contribution in [0.25, 0.3) is 0 Å². The van der Waals surface area contributed by atoms with Crippen molar-refractivity contribution in [1.29, 1.82) is 0 Å². The average molecular weight is 373 g/mol. The number of nitrogens with zero attached hydrogens (tertiary/aromatic N) is 1. The zero-order valence-corrected chi connectivity index (χ0v) is 14.6. The van der Waals surface area contributed by atoms with Crippen LogP contribution in [0.5, 0.6) is 0 Å². The largest absolute Gasteiger partial charge is 0.463 e. The Morgan fingerprint density at radius 2 is 1.42 bits per heavy atom. The number of esters is 4. The molecule has 0 spiro atoms. The van der Waals surface area contributed by atoms with Crippen molar-refractivity contribution in [1.82, 2.24) is 0 Å². The number of hydrogen-bond donors (Lipinski definition) is 0. The van der Waals surface area contributed by atoms with E-state index in [4.69, 9.17) is 23.7 Å². The SMILES string of the molecule is CC(=O)OC[C@H]1O[C@H](OC(C)=O)[C@H](N=C=O)[C@@H](OC(C)=O)[C@@H]1OC(C)=O. The molecule has 26 heavy (non-hydrogen) atoms. The Bertz CT molecular complexity index is 612. The van der Waals surface area contributed by atoms with Crippen molar-refractivity contribution in [3.8, 4) is 0 Å². The number of ether oxygens (including phenoxy) is 5. The third kappa shape index (κ3) is 6.26. The van der Waals surface area contributed by atoms with Crippen LogP contribution < -0.4 is 0 Å². The predicted octanol–water partition coefficient (Wildman–Crippen LogP) is -0.595. The first-order valence-electron chi connectivity index (χ1n) is 7.53. The van der Waals surface area contributed by atoms with Gasteiger partial charge in [-0.1, -0.05) is 0 Å². The highest BCUT2D eigenvalue weighted by atomic mass is 16.7. The topological polar surface area (TPSA) is 144 Å². The second-order valence-electron chi connectivity index (χ2n) is 5.31. The van der Waals surface area contributed by atoms with Gasteiger partial charge in [-0.2, -0.15) is 4.99 Å². The van der Waals surface area contributed by atoms with Crippen molar-refractivity contribution in [3.63, 3.8) is 0 Å². The molecule has 0 saturated carbocycles. The smallest absolute Gasteiger partial charge is 0.305 e. The van der Waals surface area contributed by atoms with Crippen LogP contribution in [0, 0.1) is 0 Å². The number of carbonyl (C=O) groups is 4. The molecule has 1 aliphatic heterocycles. The summed E-state index contributed by atoms with van der Waals surface area (Å²) in [6, 6.07) is -1.33. The van der Waals surface area contributed by atoms with Crippen molar-refractivity contribution >= 4 is 30.0 Å². The Morgan fingerprint density at radius 1 is 0.885 bits per heavy atom. The lowest BCUT2D eigenvalue weighted by Gasteiger charge is -2.42. The molecule has 144 valence electrons. The van der Waals surface area contributed by atoms with E-state index in [1.54, 1.807) is 0 Å². The monoisotopic (exact) mass is 373 g/mol. The molecule has 0 N–H and O–H groups in total. The summed E-state index contributed by atoms with van der Waals surface area (Å²) in [5, 5.41) is 0. The van der Waals surface area contributed by atoms with Gasteiger partial charge in [-0.05, 0) is 0 Å². The normalized spacial score (nSPS) is 27.5. The maximum atomic E-state index is 11.5. The molecule has 0 aromatic carbocycles. The highest BCUT2D eigenvalue weighted by Gasteiger charge is 2.52. The van der Waals surface area contributed by atoms with Gasteiger partial charge in [0.15, 0.2) is 18.2 Å². The fourth-order valence-corrected chi connectivity index (χ4v) is 2.34. The third-order valence-electron chi connectivity index (χ3n) is 3.15. The standard InChI is InChI=1S/C15H19NO10/c1-7(18)22-5-11-13(23-8(2)19)14(24-9(3)20)12(16-6-17)15(26-11)25-10(4)21/h11-15H,5H2,1-4H3/t11-,12-,13-,14-,15+/m1/s1. The van der Waals surface area contributed by atoms with Crippen LogP contribution in [0.2, 0.25) is 0 Å². The molecule has 1 fully saturated rings. The summed E-state index contributed by atoms with van der Waals surface area (Å²) in [5.74, 6) is -2.92. The number of aliphatic imine (C=N–C) groups is 1. The lowest BCUT2D eigenvalue weighted by atomic mass is 9.96. The fraction of sp³-hybridized carbons (Fsp3) is 0.667. The molecule has 5 atom stereocenters. The Kier molecular flexibility index (Phi) is 7.88. The summed E-state index contributed by atoms with van der Waals surface area (Å²) < 4.78 is 25.5. The molecule has 11 heteroatoms. The van der Waals surface area contributed by atoms with Gasteiger partial charge in [0.05, 0.1) is 0 Å². The Hall–Kier alpha value is -2.78. The van der Waals surface area contributed by atoms with E-state index in [2.05, 4.69) is 4.99 Å². The molecule has 0 bridgehead atoms. The van der Waals surface area contributed by atoms with Crippen LogP contribution in [-0.4, -0.2) is 67.2 Å². The van der Waals surface area contributed by atoms with Crippen molar-refractivity contribution in [3.05, 3.63) is 0 Å². The van der Waals surface area contributed by atoms with Gasteiger partial charge in [-0.25, -0.2) is 4.79 Å². The molecule has 0 aromatic rings. The molecule has 1 saturated heterocycles. The van der Waals surface area contributed by atoms with E-state index in [9.17, 15) is 24.0 Å². The van der Waals surface area contributed by atoms with Gasteiger partial charge >= 0.3 is 23.9 Å². The summed E-state index contributed by atoms with van der Waals surface area (Å²) >= 11 is 0. The highest BCUT2D eigenvalue weighted by molar-refractivity contribution is 5.68. The van der Waals surface area contributed by atoms with Gasteiger partial charge in [-0.3, -0.25) is 19.2 Å². The van der Waals surface area contributed by atoms with Crippen molar-refractivity contribution < 1.29 is 47.7 Å².